The summed E-state index contributed by atoms with van der Waals surface area (Å²) in [5, 5.41) is 23.8. The fourth-order valence-corrected chi connectivity index (χ4v) is 8.79. The molecule has 3 unspecified atom stereocenters. The van der Waals surface area contributed by atoms with E-state index in [1.807, 2.05) is 0 Å². The molecule has 3 atom stereocenters. The Labute approximate surface area is 375 Å². The Morgan fingerprint density at radius 2 is 0.700 bits per heavy atom. The second kappa shape index (κ2) is 48.9. The number of rotatable bonds is 50. The lowest BCUT2D eigenvalue weighted by atomic mass is 10.0. The number of carbonyl (C=O) groups excluding carboxylic acids is 2. The number of hydrogen-bond donors (Lipinski definition) is 3. The molecule has 358 valence electrons. The fraction of sp³-hybridized carbons (Fsp3) is 0.963. The highest BCUT2D eigenvalue weighted by atomic mass is 16.5. The molecule has 3 N–H and O–H groups in total. The third-order valence-corrected chi connectivity index (χ3v) is 12.9. The SMILES string of the molecule is CCCCCCCCCCCCCCCCCCCCC(=O)OC(CCCCCCCCC)CC(=O)NC(CO)C(O)CCCCCCCCCCCCCCCCCC. The van der Waals surface area contributed by atoms with Crippen molar-refractivity contribution in [1.29, 1.82) is 0 Å². The van der Waals surface area contributed by atoms with Gasteiger partial charge in [-0.25, -0.2) is 0 Å². The number of esters is 1. The molecule has 0 rings (SSSR count). The average molecular weight is 850 g/mol. The minimum atomic E-state index is -0.778. The summed E-state index contributed by atoms with van der Waals surface area (Å²) in [6.45, 7) is 6.49. The molecule has 0 heterocycles. The van der Waals surface area contributed by atoms with Crippen molar-refractivity contribution in [1.82, 2.24) is 5.32 Å². The van der Waals surface area contributed by atoms with Gasteiger partial charge in [0.05, 0.1) is 25.2 Å². The van der Waals surface area contributed by atoms with Crippen LogP contribution in [-0.4, -0.2) is 46.9 Å². The van der Waals surface area contributed by atoms with Crippen molar-refractivity contribution in [2.45, 2.75) is 328 Å². The van der Waals surface area contributed by atoms with Crippen LogP contribution < -0.4 is 5.32 Å². The third kappa shape index (κ3) is 43.5. The summed E-state index contributed by atoms with van der Waals surface area (Å²) in [4.78, 5) is 26.0. The maximum atomic E-state index is 13.1. The van der Waals surface area contributed by atoms with Gasteiger partial charge in [-0.2, -0.15) is 0 Å². The van der Waals surface area contributed by atoms with E-state index >= 15 is 0 Å². The van der Waals surface area contributed by atoms with Gasteiger partial charge < -0.3 is 20.3 Å². The van der Waals surface area contributed by atoms with E-state index in [0.717, 1.165) is 38.5 Å². The second-order valence-electron chi connectivity index (χ2n) is 19.0. The Bertz CT molecular complexity index is 867. The molecule has 0 saturated heterocycles. The van der Waals surface area contributed by atoms with Crippen LogP contribution in [0.25, 0.3) is 0 Å². The largest absolute Gasteiger partial charge is 0.462 e. The van der Waals surface area contributed by atoms with Crippen molar-refractivity contribution in [2.24, 2.45) is 0 Å². The number of aliphatic hydroxyl groups is 2. The van der Waals surface area contributed by atoms with Gasteiger partial charge in [-0.1, -0.05) is 271 Å². The van der Waals surface area contributed by atoms with Crippen LogP contribution in [0.4, 0.5) is 0 Å². The van der Waals surface area contributed by atoms with E-state index in [1.54, 1.807) is 0 Å². The Morgan fingerprint density at radius 3 is 1.02 bits per heavy atom. The van der Waals surface area contributed by atoms with E-state index in [2.05, 4.69) is 26.1 Å². The van der Waals surface area contributed by atoms with Crippen molar-refractivity contribution >= 4 is 11.9 Å². The predicted molar refractivity (Wildman–Crippen MR) is 260 cm³/mol. The summed E-state index contributed by atoms with van der Waals surface area (Å²) < 4.78 is 5.91. The summed E-state index contributed by atoms with van der Waals surface area (Å²) in [5.74, 6) is -0.455. The molecule has 0 aliphatic carbocycles. The van der Waals surface area contributed by atoms with Crippen LogP contribution in [0.15, 0.2) is 0 Å². The van der Waals surface area contributed by atoms with E-state index in [0.29, 0.717) is 19.3 Å². The predicted octanol–water partition coefficient (Wildman–Crippen LogP) is 16.4. The molecule has 0 saturated carbocycles. The van der Waals surface area contributed by atoms with Crippen LogP contribution in [0.5, 0.6) is 0 Å². The van der Waals surface area contributed by atoms with Crippen molar-refractivity contribution < 1.29 is 24.5 Å². The van der Waals surface area contributed by atoms with Crippen LogP contribution in [0, 0.1) is 0 Å². The van der Waals surface area contributed by atoms with E-state index in [-0.39, 0.29) is 24.9 Å². The number of aliphatic hydroxyl groups excluding tert-OH is 2. The first-order chi connectivity index (χ1) is 29.5. The van der Waals surface area contributed by atoms with Crippen molar-refractivity contribution in [3.63, 3.8) is 0 Å². The molecule has 6 nitrogen and oxygen atoms in total. The molecule has 0 aliphatic heterocycles. The summed E-state index contributed by atoms with van der Waals surface area (Å²) in [6.07, 6.45) is 53.3. The molecule has 1 amide bonds. The molecule has 0 aromatic carbocycles. The number of carbonyl (C=O) groups is 2. The number of hydrogen-bond acceptors (Lipinski definition) is 5. The van der Waals surface area contributed by atoms with E-state index in [1.165, 1.54) is 225 Å². The van der Waals surface area contributed by atoms with Crippen LogP contribution in [0.2, 0.25) is 0 Å². The quantitative estimate of drug-likeness (QED) is 0.0419. The first-order valence-corrected chi connectivity index (χ1v) is 27.3. The number of amides is 1. The molecular formula is C54H107NO5. The summed E-state index contributed by atoms with van der Waals surface area (Å²) in [5.41, 5.74) is 0. The van der Waals surface area contributed by atoms with Crippen molar-refractivity contribution in [2.75, 3.05) is 6.61 Å². The molecule has 0 radical (unpaired) electrons. The highest BCUT2D eigenvalue weighted by molar-refractivity contribution is 5.77. The fourth-order valence-electron chi connectivity index (χ4n) is 8.79. The Morgan fingerprint density at radius 1 is 0.417 bits per heavy atom. The van der Waals surface area contributed by atoms with Gasteiger partial charge in [0, 0.05) is 6.42 Å². The zero-order valence-corrected chi connectivity index (χ0v) is 40.9. The van der Waals surface area contributed by atoms with Gasteiger partial charge in [-0.05, 0) is 25.7 Å². The molecule has 60 heavy (non-hydrogen) atoms. The summed E-state index contributed by atoms with van der Waals surface area (Å²) in [6, 6.07) is -0.691. The van der Waals surface area contributed by atoms with Gasteiger partial charge in [0.1, 0.15) is 6.10 Å². The first-order valence-electron chi connectivity index (χ1n) is 27.3. The molecule has 0 fully saturated rings. The lowest BCUT2D eigenvalue weighted by Gasteiger charge is -2.24. The molecular weight excluding hydrogens is 743 g/mol. The molecule has 6 heteroatoms. The molecule has 0 bridgehead atoms. The van der Waals surface area contributed by atoms with E-state index in [9.17, 15) is 19.8 Å². The highest BCUT2D eigenvalue weighted by Crippen LogP contribution is 2.19. The first kappa shape index (κ1) is 58.9. The highest BCUT2D eigenvalue weighted by Gasteiger charge is 2.24. The number of ether oxygens (including phenoxy) is 1. The Kier molecular flexibility index (Phi) is 48.0. The standard InChI is InChI=1S/C54H107NO5/c1-4-7-10-13-16-18-20-22-24-26-27-29-31-33-35-38-41-44-47-54(59)60-50(45-42-39-36-15-12-9-6-3)48-53(58)55-51(49-56)52(57)46-43-40-37-34-32-30-28-25-23-21-19-17-14-11-8-5-2/h50-52,56-57H,4-49H2,1-3H3,(H,55,58). The maximum absolute atomic E-state index is 13.1. The van der Waals surface area contributed by atoms with Crippen LogP contribution in [0.1, 0.15) is 310 Å². The van der Waals surface area contributed by atoms with Gasteiger partial charge in [-0.15, -0.1) is 0 Å². The van der Waals surface area contributed by atoms with Gasteiger partial charge in [-0.3, -0.25) is 9.59 Å². The van der Waals surface area contributed by atoms with Crippen molar-refractivity contribution in [3.05, 3.63) is 0 Å². The minimum absolute atomic E-state index is 0.0863. The van der Waals surface area contributed by atoms with E-state index < -0.39 is 18.2 Å². The smallest absolute Gasteiger partial charge is 0.306 e. The zero-order valence-electron chi connectivity index (χ0n) is 40.9. The van der Waals surface area contributed by atoms with Gasteiger partial charge in [0.2, 0.25) is 5.91 Å². The normalized spacial score (nSPS) is 13.1. The van der Waals surface area contributed by atoms with Crippen LogP contribution >= 0.6 is 0 Å². The molecule has 0 aliphatic rings. The summed E-state index contributed by atoms with van der Waals surface area (Å²) in [7, 11) is 0. The maximum Gasteiger partial charge on any atom is 0.306 e. The lowest BCUT2D eigenvalue weighted by molar-refractivity contribution is -0.151. The number of unbranched alkanes of at least 4 members (excludes halogenated alkanes) is 38. The minimum Gasteiger partial charge on any atom is -0.462 e. The molecule has 0 spiro atoms. The Hall–Kier alpha value is -1.14. The Balaban J connectivity index is 4.25. The lowest BCUT2D eigenvalue weighted by Crippen LogP contribution is -2.46. The van der Waals surface area contributed by atoms with Gasteiger partial charge >= 0.3 is 5.97 Å². The third-order valence-electron chi connectivity index (χ3n) is 12.9. The number of nitrogens with one attached hydrogen (secondary N) is 1. The monoisotopic (exact) mass is 850 g/mol. The summed E-state index contributed by atoms with van der Waals surface area (Å²) >= 11 is 0. The van der Waals surface area contributed by atoms with Gasteiger partial charge in [0.15, 0.2) is 0 Å². The topological polar surface area (TPSA) is 95.9 Å². The van der Waals surface area contributed by atoms with Crippen LogP contribution in [-0.2, 0) is 14.3 Å². The molecule has 0 aromatic rings. The van der Waals surface area contributed by atoms with Crippen LogP contribution in [0.3, 0.4) is 0 Å². The van der Waals surface area contributed by atoms with E-state index in [4.69, 9.17) is 4.74 Å². The second-order valence-corrected chi connectivity index (χ2v) is 19.0. The van der Waals surface area contributed by atoms with Crippen molar-refractivity contribution in [3.8, 4) is 0 Å². The molecule has 0 aromatic heterocycles. The van der Waals surface area contributed by atoms with Gasteiger partial charge in [0.25, 0.3) is 0 Å². The zero-order chi connectivity index (χ0) is 43.8. The average Bonchev–Trinajstić information content (AvgIpc) is 3.24.